The molecule has 33 heavy (non-hydrogen) atoms. The van der Waals surface area contributed by atoms with E-state index in [0.29, 0.717) is 39.9 Å². The number of nitrogens with one attached hydrogen (secondary N) is 1. The van der Waals surface area contributed by atoms with Crippen LogP contribution in [0.1, 0.15) is 10.4 Å². The Kier molecular flexibility index (Phi) is 6.04. The molecule has 4 aromatic rings. The fourth-order valence-electron chi connectivity index (χ4n) is 3.53. The number of benzene rings is 2. The van der Waals surface area contributed by atoms with Crippen molar-refractivity contribution in [3.05, 3.63) is 83.5 Å². The number of carbonyl (C=O) groups excluding carboxylic acids is 1. The van der Waals surface area contributed by atoms with Crippen LogP contribution in [0.4, 0.5) is 11.4 Å². The Hall–Kier alpha value is -3.33. The minimum Gasteiger partial charge on any atom is -0.359 e. The van der Waals surface area contributed by atoms with E-state index in [9.17, 15) is 9.00 Å². The quantitative estimate of drug-likeness (QED) is 0.461. The highest BCUT2D eigenvalue weighted by molar-refractivity contribution is 7.86. The van der Waals surface area contributed by atoms with Crippen LogP contribution in [0.15, 0.2) is 72.9 Å². The van der Waals surface area contributed by atoms with Gasteiger partial charge < -0.3 is 10.1 Å². The molecule has 1 aliphatic rings. The number of carbonyl (C=O) groups is 1. The SMILES string of the molecule is O=C(Nc1ccc(Cl)c(-c2ccc3ncccc3n2)c1)c1ccc(N2COCCS2=O)cc1. The lowest BCUT2D eigenvalue weighted by Gasteiger charge is -2.27. The topological polar surface area (TPSA) is 84.4 Å². The average molecular weight is 479 g/mol. The summed E-state index contributed by atoms with van der Waals surface area (Å²) in [6.45, 7) is 0.753. The lowest BCUT2D eigenvalue weighted by Crippen LogP contribution is -2.36. The number of anilines is 2. The van der Waals surface area contributed by atoms with Gasteiger partial charge in [-0.1, -0.05) is 11.6 Å². The Morgan fingerprint density at radius 2 is 1.91 bits per heavy atom. The monoisotopic (exact) mass is 478 g/mol. The zero-order chi connectivity index (χ0) is 22.8. The third-order valence-corrected chi connectivity index (χ3v) is 6.88. The van der Waals surface area contributed by atoms with Crippen molar-refractivity contribution in [2.24, 2.45) is 0 Å². The van der Waals surface area contributed by atoms with Crippen LogP contribution in [0.25, 0.3) is 22.3 Å². The van der Waals surface area contributed by atoms with E-state index in [-0.39, 0.29) is 12.6 Å². The van der Waals surface area contributed by atoms with Gasteiger partial charge >= 0.3 is 0 Å². The minimum absolute atomic E-state index is 0.262. The van der Waals surface area contributed by atoms with Gasteiger partial charge in [0.15, 0.2) is 0 Å². The zero-order valence-electron chi connectivity index (χ0n) is 17.4. The molecule has 1 amide bonds. The van der Waals surface area contributed by atoms with E-state index >= 15 is 0 Å². The predicted octanol–water partition coefficient (Wildman–Crippen LogP) is 4.66. The number of rotatable bonds is 4. The van der Waals surface area contributed by atoms with Gasteiger partial charge in [-0.05, 0) is 66.7 Å². The van der Waals surface area contributed by atoms with Crippen LogP contribution in [-0.4, -0.2) is 39.2 Å². The van der Waals surface area contributed by atoms with Crippen LogP contribution < -0.4 is 9.62 Å². The molecule has 2 aromatic carbocycles. The summed E-state index contributed by atoms with van der Waals surface area (Å²) in [6, 6.07) is 19.7. The second kappa shape index (κ2) is 9.27. The maximum atomic E-state index is 12.8. The fourth-order valence-corrected chi connectivity index (χ4v) is 4.77. The molecule has 5 rings (SSSR count). The minimum atomic E-state index is -1.12. The van der Waals surface area contributed by atoms with Crippen molar-refractivity contribution in [1.29, 1.82) is 0 Å². The third kappa shape index (κ3) is 4.59. The van der Waals surface area contributed by atoms with Crippen LogP contribution in [0.2, 0.25) is 5.02 Å². The van der Waals surface area contributed by atoms with Crippen LogP contribution in [0, 0.1) is 0 Å². The van der Waals surface area contributed by atoms with Gasteiger partial charge in [-0.2, -0.15) is 0 Å². The standard InChI is InChI=1S/C24H19ClN4O3S/c25-20-8-5-17(14-19(20)21-9-10-22-23(28-21)2-1-11-26-22)27-24(30)16-3-6-18(7-4-16)29-15-32-12-13-33(29)31/h1-11,14H,12-13,15H2,(H,27,30). The molecule has 7 nitrogen and oxygen atoms in total. The molecule has 2 aromatic heterocycles. The Bertz CT molecular complexity index is 1360. The van der Waals surface area contributed by atoms with Gasteiger partial charge in [-0.25, -0.2) is 9.19 Å². The Morgan fingerprint density at radius 3 is 2.73 bits per heavy atom. The highest BCUT2D eigenvalue weighted by Crippen LogP contribution is 2.30. The molecule has 1 fully saturated rings. The van der Waals surface area contributed by atoms with E-state index in [1.165, 1.54) is 0 Å². The van der Waals surface area contributed by atoms with Crippen LogP contribution >= 0.6 is 11.6 Å². The first-order valence-corrected chi connectivity index (χ1v) is 11.9. The first-order chi connectivity index (χ1) is 16.1. The summed E-state index contributed by atoms with van der Waals surface area (Å²) in [7, 11) is -1.12. The van der Waals surface area contributed by atoms with Gasteiger partial charge in [0.05, 0.1) is 39.8 Å². The third-order valence-electron chi connectivity index (χ3n) is 5.23. The molecular weight excluding hydrogens is 460 g/mol. The van der Waals surface area contributed by atoms with E-state index in [1.807, 2.05) is 24.3 Å². The Morgan fingerprint density at radius 1 is 1.06 bits per heavy atom. The number of pyridine rings is 2. The number of nitrogens with zero attached hydrogens (tertiary/aromatic N) is 3. The predicted molar refractivity (Wildman–Crippen MR) is 131 cm³/mol. The molecule has 0 radical (unpaired) electrons. The van der Waals surface area contributed by atoms with Gasteiger partial charge in [0.25, 0.3) is 5.91 Å². The number of halogens is 1. The summed E-state index contributed by atoms with van der Waals surface area (Å²) in [5, 5.41) is 3.44. The largest absolute Gasteiger partial charge is 0.359 e. The van der Waals surface area contributed by atoms with E-state index in [0.717, 1.165) is 16.7 Å². The Labute approximate surface area is 198 Å². The highest BCUT2D eigenvalue weighted by Gasteiger charge is 2.19. The van der Waals surface area contributed by atoms with Crippen molar-refractivity contribution in [2.75, 3.05) is 28.7 Å². The van der Waals surface area contributed by atoms with Gasteiger partial charge in [-0.15, -0.1) is 0 Å². The summed E-state index contributed by atoms with van der Waals surface area (Å²) < 4.78 is 19.2. The van der Waals surface area contributed by atoms with Crippen molar-refractivity contribution in [3.8, 4) is 11.3 Å². The molecule has 1 N–H and O–H groups in total. The molecule has 1 saturated heterocycles. The molecule has 0 bridgehead atoms. The summed E-state index contributed by atoms with van der Waals surface area (Å²) in [4.78, 5) is 21.7. The van der Waals surface area contributed by atoms with E-state index in [2.05, 4.69) is 15.3 Å². The summed E-state index contributed by atoms with van der Waals surface area (Å²) in [5.41, 5.74) is 4.79. The smallest absolute Gasteiger partial charge is 0.255 e. The molecule has 0 saturated carbocycles. The van der Waals surface area contributed by atoms with Gasteiger partial charge in [0.1, 0.15) is 17.7 Å². The molecule has 9 heteroatoms. The second-order valence-corrected chi connectivity index (χ2v) is 9.27. The van der Waals surface area contributed by atoms with Crippen molar-refractivity contribution < 1.29 is 13.7 Å². The van der Waals surface area contributed by atoms with Crippen molar-refractivity contribution in [1.82, 2.24) is 9.97 Å². The van der Waals surface area contributed by atoms with Crippen molar-refractivity contribution in [3.63, 3.8) is 0 Å². The summed E-state index contributed by atoms with van der Waals surface area (Å²) >= 11 is 6.43. The molecule has 1 atom stereocenters. The number of fused-ring (bicyclic) bond motifs is 1. The lowest BCUT2D eigenvalue weighted by molar-refractivity contribution is 0.102. The highest BCUT2D eigenvalue weighted by atomic mass is 35.5. The average Bonchev–Trinajstić information content (AvgIpc) is 2.85. The Balaban J connectivity index is 1.36. The number of aromatic nitrogens is 2. The maximum absolute atomic E-state index is 12.8. The molecule has 1 unspecified atom stereocenters. The van der Waals surface area contributed by atoms with Gasteiger partial charge in [0, 0.05) is 23.0 Å². The fraction of sp³-hybridized carbons (Fsp3) is 0.125. The summed E-state index contributed by atoms with van der Waals surface area (Å²) in [5.74, 6) is 0.200. The first-order valence-electron chi connectivity index (χ1n) is 10.3. The number of ether oxygens (including phenoxy) is 1. The van der Waals surface area contributed by atoms with Crippen LogP contribution in [0.5, 0.6) is 0 Å². The maximum Gasteiger partial charge on any atom is 0.255 e. The van der Waals surface area contributed by atoms with E-state index < -0.39 is 11.0 Å². The van der Waals surface area contributed by atoms with E-state index in [4.69, 9.17) is 16.3 Å². The van der Waals surface area contributed by atoms with Gasteiger partial charge in [0.2, 0.25) is 0 Å². The number of hydrogen-bond acceptors (Lipinski definition) is 5. The van der Waals surface area contributed by atoms with Crippen molar-refractivity contribution in [2.45, 2.75) is 0 Å². The molecule has 0 spiro atoms. The normalized spacial score (nSPS) is 16.0. The zero-order valence-corrected chi connectivity index (χ0v) is 19.0. The number of amides is 1. The molecule has 166 valence electrons. The summed E-state index contributed by atoms with van der Waals surface area (Å²) in [6.07, 6.45) is 1.72. The van der Waals surface area contributed by atoms with Gasteiger partial charge in [-0.3, -0.25) is 14.1 Å². The van der Waals surface area contributed by atoms with Crippen molar-refractivity contribution >= 4 is 50.9 Å². The first kappa shape index (κ1) is 21.5. The molecule has 3 heterocycles. The van der Waals surface area contributed by atoms with E-state index in [1.54, 1.807) is 53.0 Å². The number of hydrogen-bond donors (Lipinski definition) is 1. The van der Waals surface area contributed by atoms with Crippen LogP contribution in [0.3, 0.4) is 0 Å². The van der Waals surface area contributed by atoms with Crippen LogP contribution in [-0.2, 0) is 15.7 Å². The second-order valence-electron chi connectivity index (χ2n) is 7.38. The molecular formula is C24H19ClN4O3S. The molecule has 0 aliphatic carbocycles. The molecule has 1 aliphatic heterocycles. The lowest BCUT2D eigenvalue weighted by atomic mass is 10.1.